The lowest BCUT2D eigenvalue weighted by Crippen LogP contribution is -2.49. The fraction of sp³-hybridized carbons (Fsp3) is 0.615. The molecule has 116 valence electrons. The predicted octanol–water partition coefficient (Wildman–Crippen LogP) is 2.94. The van der Waals surface area contributed by atoms with Crippen LogP contribution < -0.4 is 5.32 Å². The molecule has 2 rings (SSSR count). The Morgan fingerprint density at radius 3 is 2.62 bits per heavy atom. The molecular formula is C13H16F3N3O2. The summed E-state index contributed by atoms with van der Waals surface area (Å²) in [6.07, 6.45) is -2.06. The summed E-state index contributed by atoms with van der Waals surface area (Å²) in [4.78, 5) is 11.6. The number of carboxylic acid groups (broad SMARTS) is 1. The summed E-state index contributed by atoms with van der Waals surface area (Å²) in [5.74, 6) is -0.750. The van der Waals surface area contributed by atoms with E-state index >= 15 is 0 Å². The van der Waals surface area contributed by atoms with E-state index in [1.54, 1.807) is 0 Å². The Kier molecular flexibility index (Phi) is 4.06. The van der Waals surface area contributed by atoms with Crippen LogP contribution >= 0.6 is 0 Å². The van der Waals surface area contributed by atoms with E-state index in [2.05, 4.69) is 15.5 Å². The molecule has 1 aromatic rings. The van der Waals surface area contributed by atoms with Gasteiger partial charge in [-0.25, -0.2) is 4.79 Å². The first-order chi connectivity index (χ1) is 9.73. The standard InChI is InChI=1S/C13H16F3N3O2/c1-8-3-2-6-12(7-8,11(20)21)17-10-5-4-9(18-19-10)13(14,15)16/h4-5,8H,2-3,6-7H2,1H3,(H,17,19)(H,20,21). The minimum Gasteiger partial charge on any atom is -0.480 e. The van der Waals surface area contributed by atoms with Gasteiger partial charge in [-0.05, 0) is 30.9 Å². The van der Waals surface area contributed by atoms with Crippen molar-refractivity contribution in [3.05, 3.63) is 17.8 Å². The second-order valence-electron chi connectivity index (χ2n) is 5.52. The predicted molar refractivity (Wildman–Crippen MR) is 68.7 cm³/mol. The molecule has 0 radical (unpaired) electrons. The number of aromatic nitrogens is 2. The fourth-order valence-electron chi connectivity index (χ4n) is 2.71. The SMILES string of the molecule is CC1CCCC(Nc2ccc(C(F)(F)F)nn2)(C(=O)O)C1. The van der Waals surface area contributed by atoms with Gasteiger partial charge in [0.05, 0.1) is 0 Å². The average Bonchev–Trinajstić information content (AvgIpc) is 2.38. The molecule has 1 heterocycles. The van der Waals surface area contributed by atoms with Crippen LogP contribution in [0.25, 0.3) is 0 Å². The highest BCUT2D eigenvalue weighted by Gasteiger charge is 2.42. The molecule has 2 unspecified atom stereocenters. The molecule has 1 aliphatic rings. The zero-order chi connectivity index (χ0) is 15.7. The lowest BCUT2D eigenvalue weighted by Gasteiger charge is -2.37. The normalized spacial score (nSPS) is 26.4. The number of nitrogens with one attached hydrogen (secondary N) is 1. The minimum atomic E-state index is -4.56. The number of rotatable bonds is 3. The lowest BCUT2D eigenvalue weighted by atomic mass is 9.76. The van der Waals surface area contributed by atoms with E-state index in [0.29, 0.717) is 12.8 Å². The van der Waals surface area contributed by atoms with Crippen molar-refractivity contribution in [2.75, 3.05) is 5.32 Å². The van der Waals surface area contributed by atoms with Gasteiger partial charge in [0, 0.05) is 0 Å². The van der Waals surface area contributed by atoms with Gasteiger partial charge in [0.25, 0.3) is 0 Å². The lowest BCUT2D eigenvalue weighted by molar-refractivity contribution is -0.144. The monoisotopic (exact) mass is 303 g/mol. The van der Waals surface area contributed by atoms with Gasteiger partial charge in [-0.3, -0.25) is 0 Å². The van der Waals surface area contributed by atoms with E-state index in [9.17, 15) is 23.1 Å². The summed E-state index contributed by atoms with van der Waals surface area (Å²) >= 11 is 0. The molecule has 5 nitrogen and oxygen atoms in total. The van der Waals surface area contributed by atoms with Gasteiger partial charge in [-0.1, -0.05) is 19.8 Å². The van der Waals surface area contributed by atoms with Crippen LogP contribution in [0, 0.1) is 5.92 Å². The summed E-state index contributed by atoms with van der Waals surface area (Å²) < 4.78 is 37.2. The van der Waals surface area contributed by atoms with Crippen molar-refractivity contribution in [2.45, 2.75) is 44.3 Å². The number of nitrogens with zero attached hydrogens (tertiary/aromatic N) is 2. The van der Waals surface area contributed by atoms with E-state index in [-0.39, 0.29) is 11.7 Å². The van der Waals surface area contributed by atoms with Crippen molar-refractivity contribution < 1.29 is 23.1 Å². The molecule has 8 heteroatoms. The zero-order valence-corrected chi connectivity index (χ0v) is 11.4. The van der Waals surface area contributed by atoms with Gasteiger partial charge in [-0.2, -0.15) is 13.2 Å². The first-order valence-corrected chi connectivity index (χ1v) is 6.65. The maximum absolute atomic E-state index is 12.4. The molecule has 0 amide bonds. The number of aliphatic carboxylic acids is 1. The van der Waals surface area contributed by atoms with Crippen LogP contribution in [0.2, 0.25) is 0 Å². The van der Waals surface area contributed by atoms with Crippen molar-refractivity contribution in [3.63, 3.8) is 0 Å². The molecule has 0 saturated heterocycles. The van der Waals surface area contributed by atoms with Crippen molar-refractivity contribution in [1.82, 2.24) is 10.2 Å². The van der Waals surface area contributed by atoms with Crippen LogP contribution in [0.3, 0.4) is 0 Å². The highest BCUT2D eigenvalue weighted by molar-refractivity contribution is 5.82. The second kappa shape index (κ2) is 5.50. The van der Waals surface area contributed by atoms with Crippen molar-refractivity contribution in [3.8, 4) is 0 Å². The van der Waals surface area contributed by atoms with Gasteiger partial charge in [0.2, 0.25) is 0 Å². The number of hydrogen-bond acceptors (Lipinski definition) is 4. The summed E-state index contributed by atoms with van der Waals surface area (Å²) in [5.41, 5.74) is -2.29. The number of carboxylic acids is 1. The number of carbonyl (C=O) groups is 1. The number of hydrogen-bond donors (Lipinski definition) is 2. The van der Waals surface area contributed by atoms with Gasteiger partial charge < -0.3 is 10.4 Å². The summed E-state index contributed by atoms with van der Waals surface area (Å²) in [5, 5.41) is 18.8. The topological polar surface area (TPSA) is 75.1 Å². The second-order valence-corrected chi connectivity index (χ2v) is 5.52. The molecular weight excluding hydrogens is 287 g/mol. The highest BCUT2D eigenvalue weighted by Crippen LogP contribution is 2.35. The maximum atomic E-state index is 12.4. The van der Waals surface area contributed by atoms with Crippen LogP contribution in [-0.4, -0.2) is 26.8 Å². The van der Waals surface area contributed by atoms with Crippen LogP contribution in [0.4, 0.5) is 19.0 Å². The molecule has 2 N–H and O–H groups in total. The molecule has 0 bridgehead atoms. The fourth-order valence-corrected chi connectivity index (χ4v) is 2.71. The molecule has 1 saturated carbocycles. The molecule has 2 atom stereocenters. The van der Waals surface area contributed by atoms with E-state index in [4.69, 9.17) is 0 Å². The Labute approximate surface area is 119 Å². The maximum Gasteiger partial charge on any atom is 0.435 e. The Balaban J connectivity index is 2.20. The molecule has 0 aromatic carbocycles. The third-order valence-corrected chi connectivity index (χ3v) is 3.73. The smallest absolute Gasteiger partial charge is 0.435 e. The van der Waals surface area contributed by atoms with Crippen molar-refractivity contribution in [1.29, 1.82) is 0 Å². The van der Waals surface area contributed by atoms with Gasteiger partial charge in [0.15, 0.2) is 5.69 Å². The molecule has 1 aromatic heterocycles. The summed E-state index contributed by atoms with van der Waals surface area (Å²) in [7, 11) is 0. The van der Waals surface area contributed by atoms with Crippen molar-refractivity contribution in [2.24, 2.45) is 5.92 Å². The molecule has 0 spiro atoms. The van der Waals surface area contributed by atoms with Crippen LogP contribution in [0.5, 0.6) is 0 Å². The Bertz CT molecular complexity index is 518. The largest absolute Gasteiger partial charge is 0.480 e. The Morgan fingerprint density at radius 2 is 2.14 bits per heavy atom. The van der Waals surface area contributed by atoms with Crippen LogP contribution in [0.1, 0.15) is 38.3 Å². The van der Waals surface area contributed by atoms with E-state index in [1.807, 2.05) is 6.92 Å². The van der Waals surface area contributed by atoms with E-state index < -0.39 is 23.4 Å². The Hall–Kier alpha value is -1.86. The molecule has 0 aliphatic heterocycles. The van der Waals surface area contributed by atoms with E-state index in [0.717, 1.165) is 25.0 Å². The number of halogens is 3. The minimum absolute atomic E-state index is 0.0412. The number of anilines is 1. The third-order valence-electron chi connectivity index (χ3n) is 3.73. The van der Waals surface area contributed by atoms with Gasteiger partial charge in [0.1, 0.15) is 11.4 Å². The average molecular weight is 303 g/mol. The highest BCUT2D eigenvalue weighted by atomic mass is 19.4. The molecule has 1 fully saturated rings. The first kappa shape index (κ1) is 15.5. The third kappa shape index (κ3) is 3.43. The summed E-state index contributed by atoms with van der Waals surface area (Å²) in [6, 6.07) is 1.90. The van der Waals surface area contributed by atoms with E-state index in [1.165, 1.54) is 0 Å². The number of alkyl halides is 3. The van der Waals surface area contributed by atoms with Crippen LogP contribution in [-0.2, 0) is 11.0 Å². The van der Waals surface area contributed by atoms with Gasteiger partial charge in [-0.15, -0.1) is 10.2 Å². The van der Waals surface area contributed by atoms with Crippen LogP contribution in [0.15, 0.2) is 12.1 Å². The summed E-state index contributed by atoms with van der Waals surface area (Å²) in [6.45, 7) is 1.96. The molecule has 21 heavy (non-hydrogen) atoms. The zero-order valence-electron chi connectivity index (χ0n) is 11.4. The first-order valence-electron chi connectivity index (χ1n) is 6.65. The van der Waals surface area contributed by atoms with Crippen molar-refractivity contribution >= 4 is 11.8 Å². The quantitative estimate of drug-likeness (QED) is 0.898. The molecule has 1 aliphatic carbocycles. The van der Waals surface area contributed by atoms with Gasteiger partial charge >= 0.3 is 12.1 Å². The Morgan fingerprint density at radius 1 is 1.43 bits per heavy atom.